The number of aliphatic carboxylic acids is 1. The molecule has 2 N–H and O–H groups in total. The van der Waals surface area contributed by atoms with E-state index in [9.17, 15) is 9.59 Å². The number of thiophene rings is 1. The normalized spacial score (nSPS) is 11.9. The predicted octanol–water partition coefficient (Wildman–Crippen LogP) is 1.37. The summed E-state index contributed by atoms with van der Waals surface area (Å²) in [4.78, 5) is 23.4. The lowest BCUT2D eigenvalue weighted by atomic mass is 10.1. The number of nitrogens with one attached hydrogen (secondary N) is 1. The summed E-state index contributed by atoms with van der Waals surface area (Å²) in [7, 11) is 3.01. The van der Waals surface area contributed by atoms with Gasteiger partial charge in [0.05, 0.1) is 7.11 Å². The van der Waals surface area contributed by atoms with Gasteiger partial charge in [0.1, 0.15) is 16.7 Å². The van der Waals surface area contributed by atoms with Gasteiger partial charge < -0.3 is 19.9 Å². The van der Waals surface area contributed by atoms with Crippen LogP contribution in [0.15, 0.2) is 11.4 Å². The summed E-state index contributed by atoms with van der Waals surface area (Å²) in [5, 5.41) is 13.3. The highest BCUT2D eigenvalue weighted by Crippen LogP contribution is 2.24. The van der Waals surface area contributed by atoms with E-state index in [0.717, 1.165) is 0 Å². The highest BCUT2D eigenvalue weighted by Gasteiger charge is 2.22. The van der Waals surface area contributed by atoms with Crippen LogP contribution in [0.4, 0.5) is 0 Å². The van der Waals surface area contributed by atoms with Crippen molar-refractivity contribution in [2.45, 2.75) is 18.9 Å². The van der Waals surface area contributed by atoms with Crippen molar-refractivity contribution in [1.82, 2.24) is 5.32 Å². The molecule has 1 rings (SSSR count). The van der Waals surface area contributed by atoms with Gasteiger partial charge in [-0.3, -0.25) is 4.79 Å². The molecule has 19 heavy (non-hydrogen) atoms. The molecule has 0 aliphatic heterocycles. The van der Waals surface area contributed by atoms with Crippen LogP contribution in [0.3, 0.4) is 0 Å². The topological polar surface area (TPSA) is 84.9 Å². The SMILES string of the molecule is COCCCC(NC(=O)c1sccc1OC)C(=O)O. The van der Waals surface area contributed by atoms with Gasteiger partial charge in [-0.15, -0.1) is 11.3 Å². The second kappa shape index (κ2) is 7.75. The summed E-state index contributed by atoms with van der Waals surface area (Å²) >= 11 is 1.21. The molecule has 106 valence electrons. The first-order valence-corrected chi connectivity index (χ1v) is 6.62. The monoisotopic (exact) mass is 287 g/mol. The molecule has 0 saturated heterocycles. The highest BCUT2D eigenvalue weighted by molar-refractivity contribution is 7.12. The molecule has 7 heteroatoms. The summed E-state index contributed by atoms with van der Waals surface area (Å²) in [6.45, 7) is 0.460. The summed E-state index contributed by atoms with van der Waals surface area (Å²) in [6, 6.07) is 0.745. The molecule has 0 radical (unpaired) electrons. The number of carboxylic acid groups (broad SMARTS) is 1. The smallest absolute Gasteiger partial charge is 0.326 e. The first-order valence-electron chi connectivity index (χ1n) is 5.74. The Hall–Kier alpha value is -1.60. The van der Waals surface area contributed by atoms with Gasteiger partial charge in [-0.2, -0.15) is 0 Å². The van der Waals surface area contributed by atoms with Gasteiger partial charge in [0.25, 0.3) is 5.91 Å². The van der Waals surface area contributed by atoms with Crippen LogP contribution in [0.25, 0.3) is 0 Å². The molecule has 0 aliphatic rings. The largest absolute Gasteiger partial charge is 0.495 e. The molecule has 0 spiro atoms. The Morgan fingerprint density at radius 3 is 2.79 bits per heavy atom. The molecule has 0 aromatic carbocycles. The summed E-state index contributed by atoms with van der Waals surface area (Å²) in [5.74, 6) is -1.04. The third-order valence-electron chi connectivity index (χ3n) is 2.50. The lowest BCUT2D eigenvalue weighted by molar-refractivity contribution is -0.139. The molecule has 1 unspecified atom stereocenters. The molecule has 6 nitrogen and oxygen atoms in total. The lowest BCUT2D eigenvalue weighted by Crippen LogP contribution is -2.40. The molecule has 0 fully saturated rings. The Balaban J connectivity index is 2.63. The van der Waals surface area contributed by atoms with Crippen LogP contribution < -0.4 is 10.1 Å². The van der Waals surface area contributed by atoms with Crippen molar-refractivity contribution in [2.24, 2.45) is 0 Å². The van der Waals surface area contributed by atoms with Crippen molar-refractivity contribution in [3.05, 3.63) is 16.3 Å². The van der Waals surface area contributed by atoms with E-state index < -0.39 is 17.9 Å². The number of hydrogen-bond donors (Lipinski definition) is 2. The van der Waals surface area contributed by atoms with Gasteiger partial charge in [-0.05, 0) is 24.3 Å². The Morgan fingerprint density at radius 2 is 2.21 bits per heavy atom. The minimum atomic E-state index is -1.06. The standard InChI is InChI=1S/C12H17NO5S/c1-17-6-3-4-8(12(15)16)13-11(14)10-9(18-2)5-7-19-10/h5,7-8H,3-4,6H2,1-2H3,(H,13,14)(H,15,16). The minimum absolute atomic E-state index is 0.322. The molecule has 1 aromatic heterocycles. The molecular formula is C12H17NO5S. The van der Waals surface area contributed by atoms with Gasteiger partial charge in [0, 0.05) is 13.7 Å². The fraction of sp³-hybridized carbons (Fsp3) is 0.500. The van der Waals surface area contributed by atoms with Crippen LogP contribution in [0.1, 0.15) is 22.5 Å². The van der Waals surface area contributed by atoms with Crippen molar-refractivity contribution in [3.63, 3.8) is 0 Å². The Kier molecular flexibility index (Phi) is 6.31. The van der Waals surface area contributed by atoms with Crippen molar-refractivity contribution in [2.75, 3.05) is 20.8 Å². The van der Waals surface area contributed by atoms with E-state index >= 15 is 0 Å². The quantitative estimate of drug-likeness (QED) is 0.705. The van der Waals surface area contributed by atoms with Crippen LogP contribution in [0.5, 0.6) is 5.75 Å². The van der Waals surface area contributed by atoms with E-state index in [1.807, 2.05) is 0 Å². The van der Waals surface area contributed by atoms with Crippen LogP contribution in [-0.4, -0.2) is 43.9 Å². The third kappa shape index (κ3) is 4.53. The van der Waals surface area contributed by atoms with Gasteiger partial charge in [-0.1, -0.05) is 0 Å². The van der Waals surface area contributed by atoms with Gasteiger partial charge >= 0.3 is 5.97 Å². The lowest BCUT2D eigenvalue weighted by Gasteiger charge is -2.14. The molecule has 0 aliphatic carbocycles. The van der Waals surface area contributed by atoms with Crippen LogP contribution in [-0.2, 0) is 9.53 Å². The first-order chi connectivity index (χ1) is 9.10. The maximum Gasteiger partial charge on any atom is 0.326 e. The van der Waals surface area contributed by atoms with E-state index in [4.69, 9.17) is 14.6 Å². The highest BCUT2D eigenvalue weighted by atomic mass is 32.1. The Morgan fingerprint density at radius 1 is 1.47 bits per heavy atom. The average molecular weight is 287 g/mol. The number of rotatable bonds is 8. The Labute approximate surface area is 115 Å². The third-order valence-corrected chi connectivity index (χ3v) is 3.39. The van der Waals surface area contributed by atoms with Crippen LogP contribution >= 0.6 is 11.3 Å². The predicted molar refractivity (Wildman–Crippen MR) is 70.9 cm³/mol. The fourth-order valence-corrected chi connectivity index (χ4v) is 2.30. The number of carbonyl (C=O) groups is 2. The molecule has 0 saturated carbocycles. The first kappa shape index (κ1) is 15.5. The average Bonchev–Trinajstić information content (AvgIpc) is 2.85. The van der Waals surface area contributed by atoms with E-state index in [-0.39, 0.29) is 0 Å². The number of carboxylic acids is 1. The molecule has 1 atom stereocenters. The zero-order valence-corrected chi connectivity index (χ0v) is 11.7. The molecule has 1 amide bonds. The number of carbonyl (C=O) groups excluding carboxylic acids is 1. The summed E-state index contributed by atoms with van der Waals surface area (Å²) < 4.78 is 9.89. The van der Waals surface area contributed by atoms with Crippen molar-refractivity contribution in [3.8, 4) is 5.75 Å². The summed E-state index contributed by atoms with van der Waals surface area (Å²) in [6.07, 6.45) is 0.887. The van der Waals surface area contributed by atoms with Crippen molar-refractivity contribution < 1.29 is 24.2 Å². The van der Waals surface area contributed by atoms with E-state index in [1.165, 1.54) is 18.4 Å². The zero-order valence-electron chi connectivity index (χ0n) is 10.8. The Bertz CT molecular complexity index is 432. The second-order valence-electron chi connectivity index (χ2n) is 3.82. The number of ether oxygens (including phenoxy) is 2. The zero-order chi connectivity index (χ0) is 14.3. The number of hydrogen-bond acceptors (Lipinski definition) is 5. The van der Waals surface area contributed by atoms with Crippen molar-refractivity contribution in [1.29, 1.82) is 0 Å². The maximum absolute atomic E-state index is 12.0. The molecule has 0 bridgehead atoms. The molecular weight excluding hydrogens is 270 g/mol. The maximum atomic E-state index is 12.0. The van der Waals surface area contributed by atoms with Crippen LogP contribution in [0, 0.1) is 0 Å². The molecule has 1 aromatic rings. The van der Waals surface area contributed by atoms with Gasteiger partial charge in [-0.25, -0.2) is 4.79 Å². The minimum Gasteiger partial charge on any atom is -0.495 e. The van der Waals surface area contributed by atoms with E-state index in [1.54, 1.807) is 18.6 Å². The van der Waals surface area contributed by atoms with Crippen LogP contribution in [0.2, 0.25) is 0 Å². The van der Waals surface area contributed by atoms with Crippen molar-refractivity contribution >= 4 is 23.2 Å². The number of methoxy groups -OCH3 is 2. The second-order valence-corrected chi connectivity index (χ2v) is 4.73. The molecule has 1 heterocycles. The summed E-state index contributed by atoms with van der Waals surface area (Å²) in [5.41, 5.74) is 0. The van der Waals surface area contributed by atoms with Gasteiger partial charge in [0.2, 0.25) is 0 Å². The van der Waals surface area contributed by atoms with E-state index in [2.05, 4.69) is 5.32 Å². The fourth-order valence-electron chi connectivity index (χ4n) is 1.54. The van der Waals surface area contributed by atoms with Gasteiger partial charge in [0.15, 0.2) is 0 Å². The number of amides is 1. The van der Waals surface area contributed by atoms with E-state index in [0.29, 0.717) is 30.1 Å².